The van der Waals surface area contributed by atoms with Gasteiger partial charge in [-0.05, 0) is 63.8 Å². The summed E-state index contributed by atoms with van der Waals surface area (Å²) >= 11 is 0. The van der Waals surface area contributed by atoms with E-state index in [4.69, 9.17) is 15.0 Å². The molecule has 0 saturated carbocycles. The lowest BCUT2D eigenvalue weighted by Gasteiger charge is -2.07. The van der Waals surface area contributed by atoms with Crippen molar-refractivity contribution in [2.75, 3.05) is 0 Å². The topological polar surface area (TPSA) is 37.1 Å². The zero-order chi connectivity index (χ0) is 19.6. The van der Waals surface area contributed by atoms with Crippen LogP contribution in [0.1, 0.15) is 42.5 Å². The molecule has 0 atom stereocenters. The maximum absolute atomic E-state index is 4.86. The number of para-hydroxylation sites is 2. The zero-order valence-corrected chi connectivity index (χ0v) is 17.1. The molecule has 0 saturated heterocycles. The van der Waals surface area contributed by atoms with Gasteiger partial charge in [-0.2, -0.15) is 0 Å². The normalized spacial score (nSPS) is 15.0. The summed E-state index contributed by atoms with van der Waals surface area (Å²) < 4.78 is 0. The Morgan fingerprint density at radius 3 is 1.67 bits per heavy atom. The van der Waals surface area contributed by atoms with Crippen LogP contribution in [0.4, 0.5) is 11.4 Å². The fraction of sp³-hybridized carbons (Fsp3) is 0.292. The van der Waals surface area contributed by atoms with E-state index in [2.05, 4.69) is 70.2 Å². The molecular weight excluding hydrogens is 330 g/mol. The maximum Gasteiger partial charge on any atom is 0.0810 e. The predicted octanol–water partition coefficient (Wildman–Crippen LogP) is 6.53. The summed E-state index contributed by atoms with van der Waals surface area (Å²) in [7, 11) is 0. The lowest BCUT2D eigenvalue weighted by atomic mass is 10.1. The highest BCUT2D eigenvalue weighted by molar-refractivity contribution is 6.43. The van der Waals surface area contributed by atoms with Gasteiger partial charge in [-0.25, -0.2) is 4.99 Å². The van der Waals surface area contributed by atoms with Crippen molar-refractivity contribution in [1.82, 2.24) is 0 Å². The molecule has 138 valence electrons. The molecular formula is C24H27N3. The maximum atomic E-state index is 4.86. The Bertz CT molecular complexity index is 964. The Labute approximate surface area is 162 Å². The van der Waals surface area contributed by atoms with Gasteiger partial charge in [-0.1, -0.05) is 42.5 Å². The first-order chi connectivity index (χ1) is 12.9. The van der Waals surface area contributed by atoms with Gasteiger partial charge < -0.3 is 0 Å². The van der Waals surface area contributed by atoms with Gasteiger partial charge in [0.1, 0.15) is 0 Å². The van der Waals surface area contributed by atoms with Crippen molar-refractivity contribution in [2.45, 2.75) is 48.0 Å². The molecule has 3 rings (SSSR count). The van der Waals surface area contributed by atoms with Crippen LogP contribution in [0.2, 0.25) is 0 Å². The monoisotopic (exact) mass is 357 g/mol. The van der Waals surface area contributed by atoms with E-state index in [0.29, 0.717) is 0 Å². The van der Waals surface area contributed by atoms with Gasteiger partial charge in [0.2, 0.25) is 0 Å². The van der Waals surface area contributed by atoms with E-state index in [1.165, 1.54) is 22.3 Å². The minimum absolute atomic E-state index is 0.801. The lowest BCUT2D eigenvalue weighted by molar-refractivity contribution is 1.31. The fourth-order valence-corrected chi connectivity index (χ4v) is 3.31. The number of rotatable bonds is 4. The molecule has 0 aliphatic carbocycles. The number of nitrogens with zero attached hydrogens (tertiary/aromatic N) is 3. The molecule has 0 N–H and O–H groups in total. The summed E-state index contributed by atoms with van der Waals surface area (Å²) in [5.41, 5.74) is 10.7. The Balaban J connectivity index is 1.87. The summed E-state index contributed by atoms with van der Waals surface area (Å²) in [6.07, 6.45) is 2.95. The first-order valence-corrected chi connectivity index (χ1v) is 9.38. The van der Waals surface area contributed by atoms with Crippen molar-refractivity contribution in [3.05, 3.63) is 70.4 Å². The number of aliphatic imine (C=N–C) groups is 3. The van der Waals surface area contributed by atoms with E-state index in [1.807, 2.05) is 13.8 Å². The lowest BCUT2D eigenvalue weighted by Crippen LogP contribution is -2.07. The van der Waals surface area contributed by atoms with Gasteiger partial charge >= 0.3 is 0 Å². The molecule has 0 aromatic heterocycles. The predicted molar refractivity (Wildman–Crippen MR) is 118 cm³/mol. The van der Waals surface area contributed by atoms with Crippen LogP contribution in [0, 0.1) is 27.7 Å². The van der Waals surface area contributed by atoms with E-state index in [1.54, 1.807) is 0 Å². The first-order valence-electron chi connectivity index (χ1n) is 9.38. The summed E-state index contributed by atoms with van der Waals surface area (Å²) in [6, 6.07) is 12.5. The second-order valence-corrected chi connectivity index (χ2v) is 7.23. The minimum Gasteiger partial charge on any atom is -0.251 e. The van der Waals surface area contributed by atoms with Gasteiger partial charge in [0.25, 0.3) is 0 Å². The molecule has 1 aliphatic rings. The van der Waals surface area contributed by atoms with Crippen molar-refractivity contribution in [3.8, 4) is 0 Å². The summed E-state index contributed by atoms with van der Waals surface area (Å²) in [5.74, 6) is 0. The second kappa shape index (κ2) is 7.83. The van der Waals surface area contributed by atoms with Gasteiger partial charge in [-0.15, -0.1) is 0 Å². The summed E-state index contributed by atoms with van der Waals surface area (Å²) in [5, 5.41) is 0. The van der Waals surface area contributed by atoms with E-state index in [9.17, 15) is 0 Å². The molecule has 1 aliphatic heterocycles. The SMILES string of the molecule is CC(=Nc1c(C)cccc1C)C1=CCC(C(C)=Nc2c(C)cccc2C)=N1. The highest BCUT2D eigenvalue weighted by Crippen LogP contribution is 2.26. The van der Waals surface area contributed by atoms with Crippen LogP contribution < -0.4 is 0 Å². The Hall–Kier alpha value is -2.81. The number of allylic oxidation sites excluding steroid dienone is 2. The quantitative estimate of drug-likeness (QED) is 0.558. The number of benzene rings is 2. The number of hydrogen-bond donors (Lipinski definition) is 0. The van der Waals surface area contributed by atoms with Gasteiger partial charge in [0.15, 0.2) is 0 Å². The molecule has 2 aromatic rings. The Morgan fingerprint density at radius 2 is 1.19 bits per heavy atom. The van der Waals surface area contributed by atoms with Crippen LogP contribution in [-0.4, -0.2) is 17.1 Å². The Kier molecular flexibility index (Phi) is 5.50. The largest absolute Gasteiger partial charge is 0.251 e. The molecule has 0 unspecified atom stereocenters. The average Bonchev–Trinajstić information content (AvgIpc) is 3.12. The molecule has 27 heavy (non-hydrogen) atoms. The molecule has 0 fully saturated rings. The third-order valence-electron chi connectivity index (χ3n) is 4.97. The number of aryl methyl sites for hydroxylation is 4. The summed E-state index contributed by atoms with van der Waals surface area (Å²) in [4.78, 5) is 14.5. The van der Waals surface area contributed by atoms with E-state index in [0.717, 1.165) is 40.6 Å². The van der Waals surface area contributed by atoms with Crippen molar-refractivity contribution < 1.29 is 0 Å². The highest BCUT2D eigenvalue weighted by atomic mass is 14.9. The van der Waals surface area contributed by atoms with Crippen LogP contribution in [-0.2, 0) is 0 Å². The molecule has 0 bridgehead atoms. The fourth-order valence-electron chi connectivity index (χ4n) is 3.31. The average molecular weight is 358 g/mol. The second-order valence-electron chi connectivity index (χ2n) is 7.23. The third-order valence-corrected chi connectivity index (χ3v) is 4.97. The molecule has 3 heteroatoms. The van der Waals surface area contributed by atoms with Gasteiger partial charge in [-0.3, -0.25) is 9.98 Å². The molecule has 0 amide bonds. The van der Waals surface area contributed by atoms with Crippen molar-refractivity contribution in [1.29, 1.82) is 0 Å². The van der Waals surface area contributed by atoms with Crippen LogP contribution in [0.15, 0.2) is 63.1 Å². The van der Waals surface area contributed by atoms with Gasteiger partial charge in [0, 0.05) is 6.42 Å². The molecule has 1 heterocycles. The standard InChI is InChI=1S/C24H27N3/c1-15-9-7-10-16(2)23(15)25-19(5)21-13-14-22(27-21)20(6)26-24-17(3)11-8-12-18(24)4/h7-13H,14H2,1-6H3. The van der Waals surface area contributed by atoms with Crippen LogP contribution in [0.3, 0.4) is 0 Å². The van der Waals surface area contributed by atoms with Crippen molar-refractivity contribution in [3.63, 3.8) is 0 Å². The van der Waals surface area contributed by atoms with Crippen LogP contribution in [0.5, 0.6) is 0 Å². The zero-order valence-electron chi connectivity index (χ0n) is 17.1. The van der Waals surface area contributed by atoms with Crippen LogP contribution in [0.25, 0.3) is 0 Å². The van der Waals surface area contributed by atoms with E-state index < -0.39 is 0 Å². The smallest absolute Gasteiger partial charge is 0.0810 e. The summed E-state index contributed by atoms with van der Waals surface area (Å²) in [6.45, 7) is 12.5. The van der Waals surface area contributed by atoms with Crippen LogP contribution >= 0.6 is 0 Å². The third kappa shape index (κ3) is 4.13. The minimum atomic E-state index is 0.801. The highest BCUT2D eigenvalue weighted by Gasteiger charge is 2.15. The van der Waals surface area contributed by atoms with Crippen molar-refractivity contribution in [2.24, 2.45) is 15.0 Å². The van der Waals surface area contributed by atoms with E-state index in [-0.39, 0.29) is 0 Å². The van der Waals surface area contributed by atoms with E-state index >= 15 is 0 Å². The number of hydrogen-bond acceptors (Lipinski definition) is 3. The first kappa shape index (κ1) is 19.0. The Morgan fingerprint density at radius 1 is 0.741 bits per heavy atom. The molecule has 2 aromatic carbocycles. The molecule has 0 radical (unpaired) electrons. The molecule has 3 nitrogen and oxygen atoms in total. The van der Waals surface area contributed by atoms with Crippen molar-refractivity contribution >= 4 is 28.5 Å². The van der Waals surface area contributed by atoms with Gasteiger partial charge in [0.05, 0.1) is 34.2 Å². The molecule has 0 spiro atoms.